The van der Waals surface area contributed by atoms with Gasteiger partial charge in [0.2, 0.25) is 0 Å². The number of fused-ring (bicyclic) bond motifs is 1. The molecule has 0 bridgehead atoms. The monoisotopic (exact) mass is 566 g/mol. The highest BCUT2D eigenvalue weighted by Gasteiger charge is 2.32. The number of piperidine rings is 1. The minimum absolute atomic E-state index is 0.0418. The fraction of sp³-hybridized carbons (Fsp3) is 0.321. The van der Waals surface area contributed by atoms with Gasteiger partial charge in [-0.2, -0.15) is 0 Å². The lowest BCUT2D eigenvalue weighted by Gasteiger charge is -2.28. The molecular weight excluding hydrogens is 539 g/mol. The maximum absolute atomic E-state index is 13.3. The molecule has 5 rings (SSSR count). The van der Waals surface area contributed by atoms with E-state index in [1.807, 2.05) is 36.4 Å². The second kappa shape index (κ2) is 11.7. The predicted molar refractivity (Wildman–Crippen MR) is 150 cm³/mol. The zero-order chi connectivity index (χ0) is 27.5. The topological polar surface area (TPSA) is 113 Å². The molecule has 1 amide bonds. The van der Waals surface area contributed by atoms with Crippen molar-refractivity contribution >= 4 is 46.2 Å². The second-order valence-corrected chi connectivity index (χ2v) is 10.3. The first-order chi connectivity index (χ1) is 18.9. The summed E-state index contributed by atoms with van der Waals surface area (Å²) >= 11 is 12.4. The van der Waals surface area contributed by atoms with Gasteiger partial charge in [-0.25, -0.2) is 14.8 Å². The lowest BCUT2D eigenvalue weighted by Crippen LogP contribution is -2.46. The Morgan fingerprint density at radius 2 is 1.90 bits per heavy atom. The zero-order valence-corrected chi connectivity index (χ0v) is 22.9. The van der Waals surface area contributed by atoms with Crippen molar-refractivity contribution in [2.75, 3.05) is 13.1 Å². The summed E-state index contributed by atoms with van der Waals surface area (Å²) in [4.78, 5) is 40.3. The normalized spacial score (nSPS) is 16.2. The summed E-state index contributed by atoms with van der Waals surface area (Å²) in [6, 6.07) is 10.5. The Bertz CT molecular complexity index is 1480. The van der Waals surface area contributed by atoms with Crippen molar-refractivity contribution in [3.63, 3.8) is 0 Å². The van der Waals surface area contributed by atoms with Crippen molar-refractivity contribution in [3.8, 4) is 5.69 Å². The quantitative estimate of drug-likeness (QED) is 0.305. The largest absolute Gasteiger partial charge is 0.480 e. The molecule has 0 unspecified atom stereocenters. The van der Waals surface area contributed by atoms with Crippen molar-refractivity contribution in [1.29, 1.82) is 0 Å². The Labute approximate surface area is 235 Å². The third-order valence-corrected chi connectivity index (χ3v) is 7.59. The van der Waals surface area contributed by atoms with Crippen LogP contribution < -0.4 is 5.32 Å². The van der Waals surface area contributed by atoms with Crippen molar-refractivity contribution in [2.24, 2.45) is 0 Å². The maximum Gasteiger partial charge on any atom is 0.326 e. The zero-order valence-electron chi connectivity index (χ0n) is 21.3. The van der Waals surface area contributed by atoms with Gasteiger partial charge >= 0.3 is 5.97 Å². The van der Waals surface area contributed by atoms with Crippen LogP contribution in [0.3, 0.4) is 0 Å². The number of aromatic nitrogens is 4. The first-order valence-electron chi connectivity index (χ1n) is 12.9. The number of nitrogens with one attached hydrogen (secondary N) is 1. The van der Waals surface area contributed by atoms with Gasteiger partial charge in [0, 0.05) is 37.2 Å². The van der Waals surface area contributed by atoms with Gasteiger partial charge in [0.1, 0.15) is 17.4 Å². The number of carbonyl (C=O) groups is 2. The SMILES string of the molecule is CCN(C(=O)c1c(Cl)cncc1Cl)[C@@H](Cc1ccc(-n2c([C@@H]3CCCCN3)nc3cccnc32)cc1)C(=O)O. The van der Waals surface area contributed by atoms with Crippen LogP contribution in [0.4, 0.5) is 0 Å². The highest BCUT2D eigenvalue weighted by atomic mass is 35.5. The van der Waals surface area contributed by atoms with E-state index in [4.69, 9.17) is 28.2 Å². The third-order valence-electron chi connectivity index (χ3n) is 7.02. The average Bonchev–Trinajstić information content (AvgIpc) is 3.33. The van der Waals surface area contributed by atoms with Gasteiger partial charge < -0.3 is 15.3 Å². The molecule has 9 nitrogen and oxygen atoms in total. The molecule has 1 aliphatic heterocycles. The lowest BCUT2D eigenvalue weighted by atomic mass is 10.0. The summed E-state index contributed by atoms with van der Waals surface area (Å²) in [6.07, 6.45) is 7.76. The van der Waals surface area contributed by atoms with Crippen LogP contribution in [0, 0.1) is 0 Å². The molecule has 4 aromatic rings. The van der Waals surface area contributed by atoms with Crippen LogP contribution in [0.5, 0.6) is 0 Å². The number of imidazole rings is 1. The van der Waals surface area contributed by atoms with E-state index in [1.54, 1.807) is 13.1 Å². The first-order valence-corrected chi connectivity index (χ1v) is 13.6. The molecular formula is C28H28Cl2N6O3. The van der Waals surface area contributed by atoms with Crippen LogP contribution >= 0.6 is 23.2 Å². The Morgan fingerprint density at radius 3 is 2.54 bits per heavy atom. The number of nitrogens with zero attached hydrogens (tertiary/aromatic N) is 5. The van der Waals surface area contributed by atoms with E-state index in [-0.39, 0.29) is 34.6 Å². The number of carbonyl (C=O) groups excluding carboxylic acids is 1. The number of amides is 1. The molecule has 39 heavy (non-hydrogen) atoms. The smallest absolute Gasteiger partial charge is 0.326 e. The average molecular weight is 567 g/mol. The number of halogens is 2. The van der Waals surface area contributed by atoms with E-state index in [0.29, 0.717) is 0 Å². The summed E-state index contributed by atoms with van der Waals surface area (Å²) in [5.41, 5.74) is 3.28. The molecule has 2 atom stereocenters. The van der Waals surface area contributed by atoms with E-state index in [1.165, 1.54) is 17.3 Å². The fourth-order valence-corrected chi connectivity index (χ4v) is 5.62. The number of hydrogen-bond donors (Lipinski definition) is 2. The fourth-order valence-electron chi connectivity index (χ4n) is 5.09. The summed E-state index contributed by atoms with van der Waals surface area (Å²) in [6.45, 7) is 2.82. The maximum atomic E-state index is 13.3. The number of hydrogen-bond acceptors (Lipinski definition) is 6. The summed E-state index contributed by atoms with van der Waals surface area (Å²) in [7, 11) is 0. The minimum Gasteiger partial charge on any atom is -0.480 e. The molecule has 11 heteroatoms. The minimum atomic E-state index is -1.12. The second-order valence-electron chi connectivity index (χ2n) is 9.45. The van der Waals surface area contributed by atoms with E-state index in [2.05, 4.69) is 19.9 Å². The molecule has 1 fully saturated rings. The molecule has 1 saturated heterocycles. The number of carboxylic acid groups (broad SMARTS) is 1. The van der Waals surface area contributed by atoms with Gasteiger partial charge in [-0.15, -0.1) is 0 Å². The number of pyridine rings is 2. The van der Waals surface area contributed by atoms with Gasteiger partial charge in [0.05, 0.1) is 21.7 Å². The molecule has 1 aromatic carbocycles. The van der Waals surface area contributed by atoms with Gasteiger partial charge in [-0.3, -0.25) is 14.3 Å². The molecule has 0 saturated carbocycles. The standard InChI is InChI=1S/C28H28Cl2N6O3/c1-2-35(27(37)24-19(29)15-31-16-20(24)30)23(28(38)39)14-17-8-10-18(11-9-17)36-25-22(7-5-13-33-25)34-26(36)21-6-3-4-12-32-21/h5,7-11,13,15-16,21,23,32H,2-4,6,12,14H2,1H3,(H,38,39)/t21-,23-/m0/s1. The van der Waals surface area contributed by atoms with Gasteiger partial charge in [-0.05, 0) is 56.1 Å². The van der Waals surface area contributed by atoms with Gasteiger partial charge in [0.25, 0.3) is 5.91 Å². The summed E-state index contributed by atoms with van der Waals surface area (Å²) in [5.74, 6) is -0.765. The van der Waals surface area contributed by atoms with Crippen molar-refractivity contribution in [2.45, 2.75) is 44.7 Å². The Hall–Kier alpha value is -3.53. The Morgan fingerprint density at radius 1 is 1.15 bits per heavy atom. The first kappa shape index (κ1) is 27.1. The number of aliphatic carboxylic acids is 1. The molecule has 1 aliphatic rings. The van der Waals surface area contributed by atoms with Crippen LogP contribution in [0.25, 0.3) is 16.9 Å². The van der Waals surface area contributed by atoms with Crippen molar-refractivity contribution in [3.05, 3.63) is 82.0 Å². The number of rotatable bonds is 8. The van der Waals surface area contributed by atoms with E-state index >= 15 is 0 Å². The molecule has 2 N–H and O–H groups in total. The van der Waals surface area contributed by atoms with Crippen LogP contribution in [-0.2, 0) is 11.2 Å². The number of carboxylic acids is 1. The molecule has 4 heterocycles. The Kier molecular flexibility index (Phi) is 8.11. The molecule has 0 radical (unpaired) electrons. The van der Waals surface area contributed by atoms with Crippen LogP contribution in [0.1, 0.15) is 54.0 Å². The molecule has 3 aromatic heterocycles. The van der Waals surface area contributed by atoms with Gasteiger partial charge in [0.15, 0.2) is 5.65 Å². The lowest BCUT2D eigenvalue weighted by molar-refractivity contribution is -0.142. The van der Waals surface area contributed by atoms with Crippen molar-refractivity contribution in [1.82, 2.24) is 29.7 Å². The van der Waals surface area contributed by atoms with Crippen LogP contribution in [0.2, 0.25) is 10.0 Å². The van der Waals surface area contributed by atoms with Crippen LogP contribution in [-0.4, -0.2) is 60.5 Å². The van der Waals surface area contributed by atoms with E-state index in [9.17, 15) is 14.7 Å². The predicted octanol–water partition coefficient (Wildman–Crippen LogP) is 5.09. The van der Waals surface area contributed by atoms with Crippen molar-refractivity contribution < 1.29 is 14.7 Å². The van der Waals surface area contributed by atoms with E-state index < -0.39 is 17.9 Å². The summed E-state index contributed by atoms with van der Waals surface area (Å²) in [5, 5.41) is 13.8. The highest BCUT2D eigenvalue weighted by Crippen LogP contribution is 2.29. The van der Waals surface area contributed by atoms with Gasteiger partial charge in [-0.1, -0.05) is 41.8 Å². The Balaban J connectivity index is 1.44. The van der Waals surface area contributed by atoms with E-state index in [0.717, 1.165) is 54.0 Å². The molecule has 0 aliphatic carbocycles. The molecule has 202 valence electrons. The number of benzene rings is 1. The number of likely N-dealkylation sites (N-methyl/N-ethyl adjacent to an activating group) is 1. The highest BCUT2D eigenvalue weighted by molar-refractivity contribution is 6.39. The molecule has 0 spiro atoms. The summed E-state index contributed by atoms with van der Waals surface area (Å²) < 4.78 is 2.06. The third kappa shape index (κ3) is 5.48. The van der Waals surface area contributed by atoms with Crippen LogP contribution in [0.15, 0.2) is 55.0 Å².